The van der Waals surface area contributed by atoms with Crippen molar-refractivity contribution in [1.29, 1.82) is 0 Å². The quantitative estimate of drug-likeness (QED) is 0.672. The molecular weight excluding hydrogens is 200 g/mol. The highest BCUT2D eigenvalue weighted by molar-refractivity contribution is 5.72. The third kappa shape index (κ3) is 2.85. The second kappa shape index (κ2) is 4.65. The third-order valence-electron chi connectivity index (χ3n) is 1.96. The minimum atomic E-state index is -1.45. The molecule has 1 atom stereocenters. The molecule has 82 valence electrons. The summed E-state index contributed by atoms with van der Waals surface area (Å²) in [7, 11) is 1.40. The molecule has 0 amide bonds. The summed E-state index contributed by atoms with van der Waals surface area (Å²) in [6.07, 6.45) is -1.47. The maximum atomic E-state index is 10.4. The van der Waals surface area contributed by atoms with Crippen molar-refractivity contribution in [2.75, 3.05) is 7.11 Å². The Balaban J connectivity index is 2.83. The number of aromatic hydroxyl groups is 1. The summed E-state index contributed by atoms with van der Waals surface area (Å²) in [5.41, 5.74) is 0.583. The maximum Gasteiger partial charge on any atom is 0.332 e. The number of carboxylic acids is 1. The van der Waals surface area contributed by atoms with E-state index in [0.717, 1.165) is 0 Å². The van der Waals surface area contributed by atoms with E-state index in [1.807, 2.05) is 0 Å². The van der Waals surface area contributed by atoms with Crippen molar-refractivity contribution in [2.24, 2.45) is 0 Å². The summed E-state index contributed by atoms with van der Waals surface area (Å²) in [6.45, 7) is 0. The van der Waals surface area contributed by atoms with Gasteiger partial charge in [-0.05, 0) is 17.7 Å². The van der Waals surface area contributed by atoms with Gasteiger partial charge < -0.3 is 20.1 Å². The molecule has 3 N–H and O–H groups in total. The Labute approximate surface area is 86.5 Å². The number of rotatable bonds is 4. The van der Waals surface area contributed by atoms with Gasteiger partial charge in [0.15, 0.2) is 17.6 Å². The minimum absolute atomic E-state index is 0.0219. The summed E-state index contributed by atoms with van der Waals surface area (Å²) in [5, 5.41) is 26.9. The predicted molar refractivity (Wildman–Crippen MR) is 52.0 cm³/mol. The summed E-state index contributed by atoms with van der Waals surface area (Å²) in [4.78, 5) is 10.4. The van der Waals surface area contributed by atoms with Crippen LogP contribution < -0.4 is 4.74 Å². The van der Waals surface area contributed by atoms with Crippen LogP contribution in [-0.2, 0) is 11.2 Å². The van der Waals surface area contributed by atoms with Crippen LogP contribution in [0.1, 0.15) is 5.56 Å². The van der Waals surface area contributed by atoms with Gasteiger partial charge in [-0.1, -0.05) is 6.07 Å². The number of aliphatic hydroxyl groups is 1. The van der Waals surface area contributed by atoms with Crippen molar-refractivity contribution in [1.82, 2.24) is 0 Å². The number of aliphatic hydroxyl groups excluding tert-OH is 1. The van der Waals surface area contributed by atoms with Crippen LogP contribution in [0.25, 0.3) is 0 Å². The number of benzene rings is 1. The lowest BCUT2D eigenvalue weighted by Crippen LogP contribution is -2.21. The molecule has 0 heterocycles. The highest BCUT2D eigenvalue weighted by atomic mass is 16.5. The Morgan fingerprint density at radius 2 is 2.20 bits per heavy atom. The number of aliphatic carboxylic acids is 1. The molecule has 5 nitrogen and oxygen atoms in total. The molecule has 0 bridgehead atoms. The monoisotopic (exact) mass is 212 g/mol. The minimum Gasteiger partial charge on any atom is -0.504 e. The molecule has 0 saturated heterocycles. The van der Waals surface area contributed by atoms with E-state index in [2.05, 4.69) is 0 Å². The highest BCUT2D eigenvalue weighted by Crippen LogP contribution is 2.26. The van der Waals surface area contributed by atoms with Crippen LogP contribution in [0, 0.1) is 0 Å². The number of hydrogen-bond donors (Lipinski definition) is 3. The van der Waals surface area contributed by atoms with Crippen molar-refractivity contribution >= 4 is 5.97 Å². The van der Waals surface area contributed by atoms with Gasteiger partial charge in [0.2, 0.25) is 0 Å². The van der Waals surface area contributed by atoms with Gasteiger partial charge in [0.25, 0.3) is 0 Å². The first-order valence-corrected chi connectivity index (χ1v) is 4.31. The first-order valence-electron chi connectivity index (χ1n) is 4.31. The topological polar surface area (TPSA) is 87.0 Å². The zero-order valence-corrected chi connectivity index (χ0v) is 8.17. The molecule has 0 unspecified atom stereocenters. The van der Waals surface area contributed by atoms with Gasteiger partial charge in [-0.15, -0.1) is 0 Å². The van der Waals surface area contributed by atoms with E-state index in [4.69, 9.17) is 14.9 Å². The Kier molecular flexibility index (Phi) is 3.51. The van der Waals surface area contributed by atoms with E-state index < -0.39 is 12.1 Å². The molecule has 1 rings (SSSR count). The second-order valence-electron chi connectivity index (χ2n) is 3.06. The standard InChI is InChI=1S/C10H12O5/c1-15-9-5-6(2-3-7(9)11)4-8(12)10(13)14/h2-3,5,8,11-12H,4H2,1H3,(H,13,14)/t8-/m1/s1. The molecule has 0 aromatic heterocycles. The Bertz CT molecular complexity index is 361. The molecule has 5 heteroatoms. The molecule has 0 fully saturated rings. The average molecular weight is 212 g/mol. The fourth-order valence-corrected chi connectivity index (χ4v) is 1.16. The van der Waals surface area contributed by atoms with Crippen molar-refractivity contribution in [3.05, 3.63) is 23.8 Å². The van der Waals surface area contributed by atoms with E-state index in [-0.39, 0.29) is 17.9 Å². The van der Waals surface area contributed by atoms with E-state index in [1.54, 1.807) is 0 Å². The molecular formula is C10H12O5. The number of carboxylic acid groups (broad SMARTS) is 1. The molecule has 0 aliphatic carbocycles. The molecule has 1 aromatic rings. The van der Waals surface area contributed by atoms with E-state index in [1.165, 1.54) is 25.3 Å². The maximum absolute atomic E-state index is 10.4. The largest absolute Gasteiger partial charge is 0.504 e. The van der Waals surface area contributed by atoms with Gasteiger partial charge >= 0.3 is 5.97 Å². The van der Waals surface area contributed by atoms with Crippen LogP contribution in [0.15, 0.2) is 18.2 Å². The molecule has 0 aliphatic heterocycles. The smallest absolute Gasteiger partial charge is 0.332 e. The van der Waals surface area contributed by atoms with Crippen molar-refractivity contribution < 1.29 is 24.9 Å². The van der Waals surface area contributed by atoms with Gasteiger partial charge in [0, 0.05) is 6.42 Å². The first-order chi connectivity index (χ1) is 7.04. The Morgan fingerprint density at radius 1 is 1.53 bits per heavy atom. The number of ether oxygens (including phenoxy) is 1. The Morgan fingerprint density at radius 3 is 2.73 bits per heavy atom. The SMILES string of the molecule is COc1cc(C[C@@H](O)C(=O)O)ccc1O. The van der Waals surface area contributed by atoms with Gasteiger partial charge in [-0.3, -0.25) is 0 Å². The molecule has 0 spiro atoms. The first kappa shape index (κ1) is 11.3. The van der Waals surface area contributed by atoms with Crippen LogP contribution in [0.5, 0.6) is 11.5 Å². The average Bonchev–Trinajstić information content (AvgIpc) is 2.20. The zero-order chi connectivity index (χ0) is 11.4. The van der Waals surface area contributed by atoms with Gasteiger partial charge in [-0.2, -0.15) is 0 Å². The fourth-order valence-electron chi connectivity index (χ4n) is 1.16. The Hall–Kier alpha value is -1.75. The number of phenolic OH excluding ortho intramolecular Hbond substituents is 1. The zero-order valence-electron chi connectivity index (χ0n) is 8.17. The molecule has 0 saturated carbocycles. The van der Waals surface area contributed by atoms with Crippen LogP contribution >= 0.6 is 0 Å². The van der Waals surface area contributed by atoms with Crippen molar-refractivity contribution in [2.45, 2.75) is 12.5 Å². The van der Waals surface area contributed by atoms with Crippen LogP contribution in [-0.4, -0.2) is 34.5 Å². The lowest BCUT2D eigenvalue weighted by Gasteiger charge is -2.08. The number of carbonyl (C=O) groups is 1. The highest BCUT2D eigenvalue weighted by Gasteiger charge is 2.14. The van der Waals surface area contributed by atoms with Crippen LogP contribution in [0.4, 0.5) is 0 Å². The van der Waals surface area contributed by atoms with Crippen molar-refractivity contribution in [3.63, 3.8) is 0 Å². The second-order valence-corrected chi connectivity index (χ2v) is 3.06. The molecule has 1 aromatic carbocycles. The number of phenols is 1. The van der Waals surface area contributed by atoms with Crippen LogP contribution in [0.2, 0.25) is 0 Å². The lowest BCUT2D eigenvalue weighted by molar-refractivity contribution is -0.146. The normalized spacial score (nSPS) is 12.1. The van der Waals surface area contributed by atoms with E-state index in [9.17, 15) is 9.90 Å². The summed E-state index contributed by atoms with van der Waals surface area (Å²) in [6, 6.07) is 4.41. The van der Waals surface area contributed by atoms with Gasteiger partial charge in [0.05, 0.1) is 7.11 Å². The van der Waals surface area contributed by atoms with Gasteiger partial charge in [-0.25, -0.2) is 4.79 Å². The summed E-state index contributed by atoms with van der Waals surface area (Å²) < 4.78 is 4.85. The number of hydrogen-bond acceptors (Lipinski definition) is 4. The van der Waals surface area contributed by atoms with Crippen molar-refractivity contribution in [3.8, 4) is 11.5 Å². The molecule has 0 radical (unpaired) electrons. The fraction of sp³-hybridized carbons (Fsp3) is 0.300. The van der Waals surface area contributed by atoms with E-state index >= 15 is 0 Å². The lowest BCUT2D eigenvalue weighted by atomic mass is 10.1. The molecule has 0 aliphatic rings. The molecule has 15 heavy (non-hydrogen) atoms. The third-order valence-corrected chi connectivity index (χ3v) is 1.96. The number of methoxy groups -OCH3 is 1. The van der Waals surface area contributed by atoms with Gasteiger partial charge in [0.1, 0.15) is 0 Å². The van der Waals surface area contributed by atoms with E-state index in [0.29, 0.717) is 5.56 Å². The van der Waals surface area contributed by atoms with Crippen LogP contribution in [0.3, 0.4) is 0 Å². The predicted octanol–water partition coefficient (Wildman–Crippen LogP) is 0.389. The summed E-state index contributed by atoms with van der Waals surface area (Å²) in [5.74, 6) is -1.04. The summed E-state index contributed by atoms with van der Waals surface area (Å²) >= 11 is 0.